The van der Waals surface area contributed by atoms with Crippen LogP contribution in [0.2, 0.25) is 0 Å². The second-order valence-corrected chi connectivity index (χ2v) is 9.46. The Morgan fingerprint density at radius 2 is 1.75 bits per heavy atom. The number of rotatable bonds is 5. The number of aliphatic imine (C=N–C) groups is 1. The number of halogens is 2. The SMILES string of the molecule is C/C=C\N=C(CCC)c1cccc(-c2nccn2C)c1C.CC.CC.CC1OC(=O)c2cccc(n2)-c2c(F)cc(F)cc21. The fourth-order valence-corrected chi connectivity index (χ4v) is 4.64. The zero-order valence-electron chi connectivity index (χ0n) is 27.3. The molecular weight excluding hydrogens is 558 g/mol. The maximum absolute atomic E-state index is 14.0. The number of allylic oxidation sites excluding steroid dienone is 1. The third-order valence-electron chi connectivity index (χ3n) is 6.59. The first-order valence-electron chi connectivity index (χ1n) is 15.2. The molecule has 5 rings (SSSR count). The largest absolute Gasteiger partial charge is 0.453 e. The number of carbonyl (C=O) groups excluding carboxylic acids is 1. The van der Waals surface area contributed by atoms with Crippen molar-refractivity contribution in [2.75, 3.05) is 0 Å². The van der Waals surface area contributed by atoms with Gasteiger partial charge in [-0.15, -0.1) is 0 Å². The smallest absolute Gasteiger partial charge is 0.357 e. The summed E-state index contributed by atoms with van der Waals surface area (Å²) in [5.41, 5.74) is 5.62. The molecule has 1 atom stereocenters. The Balaban J connectivity index is 0.000000277. The number of imidazole rings is 1. The van der Waals surface area contributed by atoms with E-state index in [2.05, 4.69) is 51.6 Å². The molecule has 3 heterocycles. The number of nitrogens with zero attached hydrogens (tertiary/aromatic N) is 4. The summed E-state index contributed by atoms with van der Waals surface area (Å²) in [5.74, 6) is -1.04. The number of cyclic esters (lactones) is 1. The Morgan fingerprint density at radius 3 is 2.39 bits per heavy atom. The van der Waals surface area contributed by atoms with E-state index in [0.717, 1.165) is 36.5 Å². The molecule has 1 aliphatic heterocycles. The molecular formula is C36H44F2N4O2. The molecule has 0 amide bonds. The average Bonchev–Trinajstić information content (AvgIpc) is 3.46. The Kier molecular flexibility index (Phi) is 14.3. The Morgan fingerprint density at radius 1 is 1.07 bits per heavy atom. The number of hydrogen-bond donors (Lipinski definition) is 0. The van der Waals surface area contributed by atoms with Gasteiger partial charge < -0.3 is 9.30 Å². The number of ether oxygens (including phenoxy) is 1. The summed E-state index contributed by atoms with van der Waals surface area (Å²) in [6, 6.07) is 13.0. The zero-order chi connectivity index (χ0) is 32.8. The van der Waals surface area contributed by atoms with Crippen LogP contribution in [0.5, 0.6) is 0 Å². The first-order chi connectivity index (χ1) is 21.2. The van der Waals surface area contributed by atoms with Crippen molar-refractivity contribution in [2.45, 2.75) is 74.3 Å². The van der Waals surface area contributed by atoms with Crippen molar-refractivity contribution in [1.29, 1.82) is 0 Å². The van der Waals surface area contributed by atoms with Gasteiger partial charge in [0.05, 0.1) is 5.69 Å². The maximum atomic E-state index is 14.0. The number of aromatic nitrogens is 3. The highest BCUT2D eigenvalue weighted by atomic mass is 19.1. The quantitative estimate of drug-likeness (QED) is 0.168. The highest BCUT2D eigenvalue weighted by Crippen LogP contribution is 2.34. The maximum Gasteiger partial charge on any atom is 0.357 e. The molecule has 1 unspecified atom stereocenters. The van der Waals surface area contributed by atoms with Crippen molar-refractivity contribution in [2.24, 2.45) is 12.0 Å². The van der Waals surface area contributed by atoms with Gasteiger partial charge in [0, 0.05) is 54.1 Å². The third-order valence-corrected chi connectivity index (χ3v) is 6.59. The van der Waals surface area contributed by atoms with Crippen molar-refractivity contribution >= 4 is 11.7 Å². The van der Waals surface area contributed by atoms with Gasteiger partial charge in [-0.3, -0.25) is 4.99 Å². The van der Waals surface area contributed by atoms with Crippen LogP contribution in [0.4, 0.5) is 8.78 Å². The lowest BCUT2D eigenvalue weighted by Crippen LogP contribution is -2.15. The van der Waals surface area contributed by atoms with Gasteiger partial charge in [0.15, 0.2) is 0 Å². The van der Waals surface area contributed by atoms with E-state index < -0.39 is 23.7 Å². The molecule has 8 heteroatoms. The summed E-state index contributed by atoms with van der Waals surface area (Å²) in [5, 5.41) is 0. The monoisotopic (exact) mass is 602 g/mol. The second-order valence-electron chi connectivity index (χ2n) is 9.46. The number of benzene rings is 2. The van der Waals surface area contributed by atoms with E-state index in [4.69, 9.17) is 4.74 Å². The van der Waals surface area contributed by atoms with Crippen LogP contribution < -0.4 is 0 Å². The molecule has 234 valence electrons. The number of esters is 1. The fourth-order valence-electron chi connectivity index (χ4n) is 4.64. The van der Waals surface area contributed by atoms with E-state index >= 15 is 0 Å². The minimum absolute atomic E-state index is 0.110. The summed E-state index contributed by atoms with van der Waals surface area (Å²) < 4.78 is 34.5. The van der Waals surface area contributed by atoms with E-state index in [-0.39, 0.29) is 16.8 Å². The fraction of sp³-hybridized carbons (Fsp3) is 0.333. The van der Waals surface area contributed by atoms with E-state index in [0.29, 0.717) is 5.69 Å². The molecule has 1 aliphatic rings. The Labute approximate surface area is 260 Å². The lowest BCUT2D eigenvalue weighted by Gasteiger charge is -2.20. The zero-order valence-corrected chi connectivity index (χ0v) is 27.3. The van der Waals surface area contributed by atoms with Crippen LogP contribution in [0, 0.1) is 18.6 Å². The molecule has 0 spiro atoms. The predicted octanol–water partition coefficient (Wildman–Crippen LogP) is 9.83. The normalized spacial score (nSPS) is 13.6. The summed E-state index contributed by atoms with van der Waals surface area (Å²) in [6.45, 7) is 15.9. The predicted molar refractivity (Wildman–Crippen MR) is 176 cm³/mol. The topological polar surface area (TPSA) is 69.4 Å². The van der Waals surface area contributed by atoms with Gasteiger partial charge in [0.25, 0.3) is 0 Å². The first kappa shape index (κ1) is 35.7. The first-order valence-corrected chi connectivity index (χ1v) is 15.2. The molecule has 44 heavy (non-hydrogen) atoms. The number of pyridine rings is 1. The molecule has 0 saturated carbocycles. The molecule has 4 aromatic rings. The summed E-state index contributed by atoms with van der Waals surface area (Å²) in [7, 11) is 2.02. The highest BCUT2D eigenvalue weighted by molar-refractivity contribution is 6.03. The van der Waals surface area contributed by atoms with Gasteiger partial charge >= 0.3 is 5.97 Å². The number of aryl methyl sites for hydroxylation is 1. The van der Waals surface area contributed by atoms with Gasteiger partial charge in [-0.05, 0) is 56.5 Å². The molecule has 2 aromatic heterocycles. The van der Waals surface area contributed by atoms with Gasteiger partial charge in [-0.2, -0.15) is 0 Å². The molecule has 0 N–H and O–H groups in total. The van der Waals surface area contributed by atoms with Gasteiger partial charge in [0.2, 0.25) is 0 Å². The lowest BCUT2D eigenvalue weighted by molar-refractivity contribution is 0.0328. The van der Waals surface area contributed by atoms with Crippen molar-refractivity contribution in [3.8, 4) is 22.6 Å². The molecule has 6 nitrogen and oxygen atoms in total. The molecule has 0 fully saturated rings. The summed E-state index contributed by atoms with van der Waals surface area (Å²) in [6.07, 6.45) is 8.97. The number of carbonyl (C=O) groups is 1. The number of hydrogen-bond acceptors (Lipinski definition) is 5. The minimum Gasteiger partial charge on any atom is -0.453 e. The number of fused-ring (bicyclic) bond motifs is 4. The summed E-state index contributed by atoms with van der Waals surface area (Å²) in [4.78, 5) is 24.9. The standard InChI is InChI=1S/C18H23N3.C14H9F2NO2.2C2H6/c1-5-8-17(19-11-6-2)15-9-7-10-16(14(15)3)18-20-12-13-21(18)4;1-7-9-5-8(15)6-10(16)13(9)11-3-2-4-12(17-11)14(18)19-7;2*1-2/h6-7,9-13H,5,8H2,1-4H3;2-7H,1H3;2*1-2H3/b11-6-,19-17?;;;. The van der Waals surface area contributed by atoms with Crippen LogP contribution in [-0.4, -0.2) is 26.2 Å². The van der Waals surface area contributed by atoms with Crippen LogP contribution in [-0.2, 0) is 11.8 Å². The lowest BCUT2D eigenvalue weighted by atomic mass is 9.96. The molecule has 0 aliphatic carbocycles. The highest BCUT2D eigenvalue weighted by Gasteiger charge is 2.25. The Hall–Kier alpha value is -4.46. The van der Waals surface area contributed by atoms with E-state index in [1.807, 2.05) is 66.3 Å². The van der Waals surface area contributed by atoms with E-state index in [1.165, 1.54) is 22.8 Å². The van der Waals surface area contributed by atoms with Gasteiger partial charge in [-0.1, -0.05) is 71.4 Å². The van der Waals surface area contributed by atoms with Crippen molar-refractivity contribution in [3.63, 3.8) is 0 Å². The van der Waals surface area contributed by atoms with Crippen molar-refractivity contribution in [3.05, 3.63) is 107 Å². The second kappa shape index (κ2) is 17.6. The van der Waals surface area contributed by atoms with Crippen LogP contribution >= 0.6 is 0 Å². The summed E-state index contributed by atoms with van der Waals surface area (Å²) >= 11 is 0. The van der Waals surface area contributed by atoms with Crippen LogP contribution in [0.25, 0.3) is 22.6 Å². The molecule has 2 bridgehead atoms. The minimum atomic E-state index is -0.742. The van der Waals surface area contributed by atoms with Crippen LogP contribution in [0.1, 0.15) is 94.6 Å². The molecule has 0 saturated heterocycles. The van der Waals surface area contributed by atoms with E-state index in [1.54, 1.807) is 19.1 Å². The van der Waals surface area contributed by atoms with Gasteiger partial charge in [-0.25, -0.2) is 23.5 Å². The van der Waals surface area contributed by atoms with E-state index in [9.17, 15) is 13.6 Å². The average molecular weight is 603 g/mol. The Bertz CT molecular complexity index is 1590. The molecule has 2 aromatic carbocycles. The van der Waals surface area contributed by atoms with Gasteiger partial charge in [0.1, 0.15) is 29.3 Å². The van der Waals surface area contributed by atoms with Crippen molar-refractivity contribution in [1.82, 2.24) is 14.5 Å². The van der Waals surface area contributed by atoms with Crippen LogP contribution in [0.15, 0.2) is 78.2 Å². The third kappa shape index (κ3) is 8.56. The van der Waals surface area contributed by atoms with Crippen molar-refractivity contribution < 1.29 is 18.3 Å². The molecule has 0 radical (unpaired) electrons. The van der Waals surface area contributed by atoms with Crippen LogP contribution in [0.3, 0.4) is 0 Å².